The van der Waals surface area contributed by atoms with Gasteiger partial charge in [0.05, 0.1) is 12.6 Å². The van der Waals surface area contributed by atoms with Crippen LogP contribution >= 0.6 is 0 Å². The highest BCUT2D eigenvalue weighted by molar-refractivity contribution is 5.69. The zero-order valence-corrected chi connectivity index (χ0v) is 10.2. The Hall–Kier alpha value is -1.81. The molecular formula is C14H17NO3. The van der Waals surface area contributed by atoms with Crippen molar-refractivity contribution in [3.8, 4) is 0 Å². The monoisotopic (exact) mass is 247 g/mol. The third-order valence-electron chi connectivity index (χ3n) is 3.13. The number of ether oxygens (including phenoxy) is 1. The molecule has 1 aliphatic heterocycles. The summed E-state index contributed by atoms with van der Waals surface area (Å²) in [5.74, 6) is 0. The van der Waals surface area contributed by atoms with Crippen molar-refractivity contribution in [3.63, 3.8) is 0 Å². The van der Waals surface area contributed by atoms with Gasteiger partial charge in [-0.2, -0.15) is 0 Å². The Morgan fingerprint density at radius 2 is 2.17 bits per heavy atom. The predicted molar refractivity (Wildman–Crippen MR) is 68.0 cm³/mol. The molecule has 4 heteroatoms. The highest BCUT2D eigenvalue weighted by atomic mass is 16.6. The second-order valence-corrected chi connectivity index (χ2v) is 4.34. The summed E-state index contributed by atoms with van der Waals surface area (Å²) in [5.41, 5.74) is 1.83. The number of amides is 1. The van der Waals surface area contributed by atoms with E-state index in [2.05, 4.69) is 6.58 Å². The fourth-order valence-electron chi connectivity index (χ4n) is 2.06. The van der Waals surface area contributed by atoms with Gasteiger partial charge in [0.2, 0.25) is 0 Å². The van der Waals surface area contributed by atoms with Crippen molar-refractivity contribution in [1.29, 1.82) is 0 Å². The Labute approximate surface area is 106 Å². The van der Waals surface area contributed by atoms with Gasteiger partial charge in [-0.25, -0.2) is 4.79 Å². The fraction of sp³-hybridized carbons (Fsp3) is 0.357. The number of hydrogen-bond donors (Lipinski definition) is 1. The lowest BCUT2D eigenvalue weighted by Crippen LogP contribution is -2.38. The predicted octanol–water partition coefficient (Wildman–Crippen LogP) is 1.95. The van der Waals surface area contributed by atoms with E-state index < -0.39 is 6.09 Å². The van der Waals surface area contributed by atoms with Crippen molar-refractivity contribution < 1.29 is 14.6 Å². The summed E-state index contributed by atoms with van der Waals surface area (Å²) in [6, 6.07) is 9.22. The largest absolute Gasteiger partial charge is 0.445 e. The molecule has 0 aliphatic carbocycles. The van der Waals surface area contributed by atoms with E-state index in [0.717, 1.165) is 17.6 Å². The van der Waals surface area contributed by atoms with E-state index in [1.807, 2.05) is 30.3 Å². The topological polar surface area (TPSA) is 49.8 Å². The molecule has 1 heterocycles. The van der Waals surface area contributed by atoms with Crippen LogP contribution in [0.5, 0.6) is 0 Å². The van der Waals surface area contributed by atoms with E-state index in [1.165, 1.54) is 4.90 Å². The van der Waals surface area contributed by atoms with E-state index in [9.17, 15) is 9.90 Å². The summed E-state index contributed by atoms with van der Waals surface area (Å²) in [6.45, 7) is 4.57. The van der Waals surface area contributed by atoms with Crippen LogP contribution in [0.25, 0.3) is 0 Å². The standard InChI is InChI=1S/C14H17NO3/c1-11-7-8-15(13(11)9-16)14(17)18-10-12-5-3-2-4-6-12/h2-6,13,16H,1,7-10H2/t13-/m1/s1. The lowest BCUT2D eigenvalue weighted by molar-refractivity contribution is 0.0836. The third-order valence-corrected chi connectivity index (χ3v) is 3.13. The van der Waals surface area contributed by atoms with Gasteiger partial charge in [0.25, 0.3) is 0 Å². The maximum atomic E-state index is 11.9. The Bertz CT molecular complexity index is 430. The van der Waals surface area contributed by atoms with Gasteiger partial charge in [-0.05, 0) is 12.0 Å². The minimum absolute atomic E-state index is 0.0979. The Morgan fingerprint density at radius 3 is 2.83 bits per heavy atom. The quantitative estimate of drug-likeness (QED) is 0.830. The minimum atomic E-state index is -0.392. The zero-order valence-electron chi connectivity index (χ0n) is 10.2. The summed E-state index contributed by atoms with van der Waals surface area (Å²) < 4.78 is 5.23. The lowest BCUT2D eigenvalue weighted by Gasteiger charge is -2.22. The van der Waals surface area contributed by atoms with Gasteiger partial charge in [0.15, 0.2) is 0 Å². The van der Waals surface area contributed by atoms with Crippen LogP contribution in [0.3, 0.4) is 0 Å². The van der Waals surface area contributed by atoms with Crippen LogP contribution in [0.15, 0.2) is 42.5 Å². The van der Waals surface area contributed by atoms with Gasteiger partial charge in [0, 0.05) is 6.54 Å². The molecule has 1 aromatic rings. The van der Waals surface area contributed by atoms with Crippen LogP contribution in [0.4, 0.5) is 4.79 Å². The van der Waals surface area contributed by atoms with Crippen LogP contribution in [0, 0.1) is 0 Å². The molecule has 1 aromatic carbocycles. The first-order chi connectivity index (χ1) is 8.72. The molecule has 0 saturated carbocycles. The number of rotatable bonds is 3. The highest BCUT2D eigenvalue weighted by Crippen LogP contribution is 2.22. The second-order valence-electron chi connectivity index (χ2n) is 4.34. The first-order valence-electron chi connectivity index (χ1n) is 5.98. The maximum Gasteiger partial charge on any atom is 0.410 e. The van der Waals surface area contributed by atoms with Crippen molar-refractivity contribution in [1.82, 2.24) is 4.90 Å². The molecule has 2 rings (SSSR count). The van der Waals surface area contributed by atoms with E-state index in [-0.39, 0.29) is 19.3 Å². The van der Waals surface area contributed by atoms with Crippen molar-refractivity contribution in [2.24, 2.45) is 0 Å². The molecule has 96 valence electrons. The van der Waals surface area contributed by atoms with Crippen LogP contribution in [-0.4, -0.2) is 35.3 Å². The van der Waals surface area contributed by atoms with Crippen LogP contribution in [-0.2, 0) is 11.3 Å². The first kappa shape index (κ1) is 12.6. The van der Waals surface area contributed by atoms with Crippen molar-refractivity contribution >= 4 is 6.09 Å². The number of aliphatic hydroxyl groups excluding tert-OH is 1. The van der Waals surface area contributed by atoms with Crippen molar-refractivity contribution in [3.05, 3.63) is 48.0 Å². The summed E-state index contributed by atoms with van der Waals surface area (Å²) >= 11 is 0. The molecule has 0 bridgehead atoms. The number of likely N-dealkylation sites (tertiary alicyclic amines) is 1. The van der Waals surface area contributed by atoms with E-state index >= 15 is 0 Å². The number of aliphatic hydroxyl groups is 1. The molecular weight excluding hydrogens is 230 g/mol. The van der Waals surface area contributed by atoms with Gasteiger partial charge in [0.1, 0.15) is 6.61 Å². The van der Waals surface area contributed by atoms with Crippen molar-refractivity contribution in [2.45, 2.75) is 19.1 Å². The number of benzene rings is 1. The molecule has 0 aromatic heterocycles. The van der Waals surface area contributed by atoms with Gasteiger partial charge < -0.3 is 9.84 Å². The van der Waals surface area contributed by atoms with Gasteiger partial charge in [-0.1, -0.05) is 42.5 Å². The first-order valence-corrected chi connectivity index (χ1v) is 5.98. The summed E-state index contributed by atoms with van der Waals surface area (Å²) in [6.07, 6.45) is 0.336. The number of carbonyl (C=O) groups excluding carboxylic acids is 1. The van der Waals surface area contributed by atoms with Gasteiger partial charge >= 0.3 is 6.09 Å². The van der Waals surface area contributed by atoms with Crippen LogP contribution < -0.4 is 0 Å². The van der Waals surface area contributed by atoms with E-state index in [4.69, 9.17) is 4.74 Å². The molecule has 0 radical (unpaired) electrons. The average Bonchev–Trinajstić information content (AvgIpc) is 2.78. The summed E-state index contributed by atoms with van der Waals surface area (Å²) in [5, 5.41) is 9.23. The van der Waals surface area contributed by atoms with Crippen LogP contribution in [0.2, 0.25) is 0 Å². The van der Waals surface area contributed by atoms with E-state index in [1.54, 1.807) is 0 Å². The molecule has 0 unspecified atom stereocenters. The number of carbonyl (C=O) groups is 1. The SMILES string of the molecule is C=C1CCN(C(=O)OCc2ccccc2)[C@@H]1CO. The van der Waals surface area contributed by atoms with Gasteiger partial charge in [-0.15, -0.1) is 0 Å². The lowest BCUT2D eigenvalue weighted by atomic mass is 10.1. The molecule has 1 aliphatic rings. The number of hydrogen-bond acceptors (Lipinski definition) is 3. The van der Waals surface area contributed by atoms with E-state index in [0.29, 0.717) is 6.54 Å². The fourth-order valence-corrected chi connectivity index (χ4v) is 2.06. The summed E-state index contributed by atoms with van der Waals surface area (Å²) in [4.78, 5) is 13.4. The van der Waals surface area contributed by atoms with Gasteiger partial charge in [-0.3, -0.25) is 4.90 Å². The number of nitrogens with zero attached hydrogens (tertiary/aromatic N) is 1. The Kier molecular flexibility index (Phi) is 3.99. The van der Waals surface area contributed by atoms with Crippen molar-refractivity contribution in [2.75, 3.05) is 13.2 Å². The molecule has 1 fully saturated rings. The maximum absolute atomic E-state index is 11.9. The molecule has 0 spiro atoms. The zero-order chi connectivity index (χ0) is 13.0. The second kappa shape index (κ2) is 5.69. The molecule has 18 heavy (non-hydrogen) atoms. The average molecular weight is 247 g/mol. The Balaban J connectivity index is 1.90. The molecule has 1 atom stereocenters. The van der Waals surface area contributed by atoms with Crippen LogP contribution in [0.1, 0.15) is 12.0 Å². The smallest absolute Gasteiger partial charge is 0.410 e. The minimum Gasteiger partial charge on any atom is -0.445 e. The molecule has 4 nitrogen and oxygen atoms in total. The summed E-state index contributed by atoms with van der Waals surface area (Å²) in [7, 11) is 0. The molecule has 1 saturated heterocycles. The Morgan fingerprint density at radius 1 is 1.44 bits per heavy atom. The third kappa shape index (κ3) is 2.71. The molecule has 1 N–H and O–H groups in total. The highest BCUT2D eigenvalue weighted by Gasteiger charge is 2.31. The normalized spacial score (nSPS) is 19.1. The molecule has 1 amide bonds.